The Morgan fingerprint density at radius 3 is 2.67 bits per heavy atom. The third-order valence-electron chi connectivity index (χ3n) is 6.11. The van der Waals surface area contributed by atoms with Crippen molar-refractivity contribution >= 4 is 23.2 Å². The van der Waals surface area contributed by atoms with Gasteiger partial charge in [-0.25, -0.2) is 4.68 Å². The van der Waals surface area contributed by atoms with Crippen molar-refractivity contribution < 1.29 is 4.79 Å². The number of nitrogens with zero attached hydrogens (tertiary/aromatic N) is 2. The van der Waals surface area contributed by atoms with Crippen LogP contribution in [0.15, 0.2) is 11.0 Å². The number of halogens is 1. The van der Waals surface area contributed by atoms with Crippen molar-refractivity contribution in [3.05, 3.63) is 21.6 Å². The first-order valence-electron chi connectivity index (χ1n) is 8.36. The maximum absolute atomic E-state index is 12.2. The minimum Gasteiger partial charge on any atom is -0.379 e. The van der Waals surface area contributed by atoms with Gasteiger partial charge in [0, 0.05) is 6.04 Å². The molecule has 2 rings (SSSR count). The smallest absolute Gasteiger partial charge is 0.288 e. The number of rotatable bonds is 4. The van der Waals surface area contributed by atoms with Crippen molar-refractivity contribution in [2.75, 3.05) is 5.32 Å². The lowest BCUT2D eigenvalue weighted by Crippen LogP contribution is -2.48. The number of carbonyl (C=O) groups excluding carboxylic acids is 1. The predicted octanol–water partition coefficient (Wildman–Crippen LogP) is 2.50. The molecule has 1 amide bonds. The van der Waals surface area contributed by atoms with Crippen LogP contribution in [0.2, 0.25) is 5.02 Å². The molecule has 0 spiro atoms. The highest BCUT2D eigenvalue weighted by molar-refractivity contribution is 6.32. The number of anilines is 1. The molecule has 1 aromatic rings. The van der Waals surface area contributed by atoms with E-state index in [2.05, 4.69) is 45.0 Å². The lowest BCUT2D eigenvalue weighted by Gasteiger charge is -2.50. The molecule has 1 aliphatic rings. The zero-order valence-electron chi connectivity index (χ0n) is 15.0. The van der Waals surface area contributed by atoms with Gasteiger partial charge in [-0.05, 0) is 29.6 Å². The molecule has 7 heteroatoms. The van der Waals surface area contributed by atoms with Gasteiger partial charge < -0.3 is 11.1 Å². The Morgan fingerprint density at radius 1 is 1.46 bits per heavy atom. The van der Waals surface area contributed by atoms with Gasteiger partial charge in [-0.1, -0.05) is 46.2 Å². The summed E-state index contributed by atoms with van der Waals surface area (Å²) in [5.41, 5.74) is 5.38. The molecular weight excluding hydrogens is 328 g/mol. The number of carbonyl (C=O) groups is 1. The number of amides is 1. The molecule has 4 atom stereocenters. The molecule has 0 bridgehead atoms. The second-order valence-electron chi connectivity index (χ2n) is 7.66. The zero-order chi connectivity index (χ0) is 18.2. The highest BCUT2D eigenvalue weighted by Crippen LogP contribution is 2.48. The Balaban J connectivity index is 2.24. The van der Waals surface area contributed by atoms with E-state index in [4.69, 9.17) is 17.3 Å². The van der Waals surface area contributed by atoms with E-state index in [-0.39, 0.29) is 23.0 Å². The number of hydrogen-bond acceptors (Lipinski definition) is 4. The average molecular weight is 355 g/mol. The summed E-state index contributed by atoms with van der Waals surface area (Å²) in [6.07, 6.45) is 2.49. The van der Waals surface area contributed by atoms with Crippen LogP contribution >= 0.6 is 11.6 Å². The van der Waals surface area contributed by atoms with Crippen LogP contribution in [0.1, 0.15) is 41.0 Å². The van der Waals surface area contributed by atoms with Crippen LogP contribution in [-0.2, 0) is 11.3 Å². The van der Waals surface area contributed by atoms with Gasteiger partial charge >= 0.3 is 0 Å². The van der Waals surface area contributed by atoms with Gasteiger partial charge in [0.2, 0.25) is 5.91 Å². The first kappa shape index (κ1) is 18.8. The molecule has 134 valence electrons. The molecule has 0 aromatic carbocycles. The lowest BCUT2D eigenvalue weighted by molar-refractivity contribution is -0.118. The highest BCUT2D eigenvalue weighted by atomic mass is 35.5. The minimum atomic E-state index is -0.632. The van der Waals surface area contributed by atoms with E-state index >= 15 is 0 Å². The predicted molar refractivity (Wildman–Crippen MR) is 96.0 cm³/mol. The summed E-state index contributed by atoms with van der Waals surface area (Å²) in [5, 5.41) is 7.43. The molecule has 1 aliphatic carbocycles. The van der Waals surface area contributed by atoms with Crippen LogP contribution in [0.4, 0.5) is 5.69 Å². The standard InChI is InChI=1S/C17H27ClN4O2/c1-9-6-12(10(2)11(3)17(9,4)5)21-13-7-20-22(8-14(19)23)16(24)15(13)18/h7,9-12,21H,6,8H2,1-5H3,(H2,19,23)/t9-,10+,11+,12+/m0/s1. The summed E-state index contributed by atoms with van der Waals surface area (Å²) in [7, 11) is 0. The fraction of sp³-hybridized carbons (Fsp3) is 0.706. The number of primary amides is 1. The van der Waals surface area contributed by atoms with Gasteiger partial charge in [0.15, 0.2) is 0 Å². The molecule has 0 saturated heterocycles. The van der Waals surface area contributed by atoms with E-state index in [0.29, 0.717) is 23.4 Å². The number of nitrogens with one attached hydrogen (secondary N) is 1. The second-order valence-corrected chi connectivity index (χ2v) is 8.04. The lowest BCUT2D eigenvalue weighted by atomic mass is 9.58. The van der Waals surface area contributed by atoms with Gasteiger partial charge in [-0.15, -0.1) is 0 Å². The Kier molecular flexibility index (Phi) is 5.28. The molecule has 6 nitrogen and oxygen atoms in total. The van der Waals surface area contributed by atoms with Crippen LogP contribution < -0.4 is 16.6 Å². The van der Waals surface area contributed by atoms with E-state index < -0.39 is 11.5 Å². The number of hydrogen-bond donors (Lipinski definition) is 2. The van der Waals surface area contributed by atoms with Crippen molar-refractivity contribution in [2.45, 2.75) is 53.6 Å². The number of nitrogens with two attached hydrogens (primary N) is 1. The third-order valence-corrected chi connectivity index (χ3v) is 6.47. The second kappa shape index (κ2) is 6.75. The first-order chi connectivity index (χ1) is 11.1. The molecule has 0 aliphatic heterocycles. The van der Waals surface area contributed by atoms with E-state index in [1.165, 1.54) is 6.20 Å². The molecule has 1 aromatic heterocycles. The summed E-state index contributed by atoms with van der Waals surface area (Å²) < 4.78 is 0.981. The topological polar surface area (TPSA) is 90.0 Å². The molecule has 1 heterocycles. The summed E-state index contributed by atoms with van der Waals surface area (Å²) in [6, 6.07) is 0.216. The summed E-state index contributed by atoms with van der Waals surface area (Å²) in [5.74, 6) is 0.872. The van der Waals surface area contributed by atoms with Crippen molar-refractivity contribution in [2.24, 2.45) is 28.9 Å². The van der Waals surface area contributed by atoms with Crippen LogP contribution in [-0.4, -0.2) is 21.7 Å². The van der Waals surface area contributed by atoms with E-state index in [1.807, 2.05) is 0 Å². The zero-order valence-corrected chi connectivity index (χ0v) is 15.7. The fourth-order valence-corrected chi connectivity index (χ4v) is 3.79. The average Bonchev–Trinajstić information content (AvgIpc) is 2.50. The summed E-state index contributed by atoms with van der Waals surface area (Å²) in [4.78, 5) is 23.2. The molecular formula is C17H27ClN4O2. The monoisotopic (exact) mass is 354 g/mol. The maximum Gasteiger partial charge on any atom is 0.288 e. The summed E-state index contributed by atoms with van der Waals surface area (Å²) in [6.45, 7) is 11.1. The molecule has 3 N–H and O–H groups in total. The summed E-state index contributed by atoms with van der Waals surface area (Å²) >= 11 is 6.19. The van der Waals surface area contributed by atoms with Crippen molar-refractivity contribution in [3.8, 4) is 0 Å². The van der Waals surface area contributed by atoms with Crippen LogP contribution in [0.3, 0.4) is 0 Å². The molecule has 0 radical (unpaired) electrons. The van der Waals surface area contributed by atoms with Gasteiger partial charge in [-0.3, -0.25) is 9.59 Å². The molecule has 1 saturated carbocycles. The van der Waals surface area contributed by atoms with Crippen LogP contribution in [0.25, 0.3) is 0 Å². The Hall–Kier alpha value is -1.56. The van der Waals surface area contributed by atoms with Crippen LogP contribution in [0, 0.1) is 23.2 Å². The van der Waals surface area contributed by atoms with Crippen molar-refractivity contribution in [1.82, 2.24) is 9.78 Å². The normalized spacial score (nSPS) is 29.2. The van der Waals surface area contributed by atoms with Gasteiger partial charge in [0.25, 0.3) is 5.56 Å². The van der Waals surface area contributed by atoms with Gasteiger partial charge in [-0.2, -0.15) is 5.10 Å². The van der Waals surface area contributed by atoms with E-state index in [0.717, 1.165) is 11.1 Å². The van der Waals surface area contributed by atoms with E-state index in [1.54, 1.807) is 0 Å². The maximum atomic E-state index is 12.2. The third kappa shape index (κ3) is 3.43. The quantitative estimate of drug-likeness (QED) is 0.869. The largest absolute Gasteiger partial charge is 0.379 e. The van der Waals surface area contributed by atoms with Crippen molar-refractivity contribution in [3.63, 3.8) is 0 Å². The Morgan fingerprint density at radius 2 is 2.08 bits per heavy atom. The highest BCUT2D eigenvalue weighted by Gasteiger charge is 2.43. The molecule has 24 heavy (non-hydrogen) atoms. The van der Waals surface area contributed by atoms with Crippen molar-refractivity contribution in [1.29, 1.82) is 0 Å². The Labute approximate surface area is 147 Å². The van der Waals surface area contributed by atoms with Crippen LogP contribution in [0.5, 0.6) is 0 Å². The molecule has 1 fully saturated rings. The molecule has 0 unspecified atom stereocenters. The van der Waals surface area contributed by atoms with Gasteiger partial charge in [0.1, 0.15) is 11.6 Å². The first-order valence-corrected chi connectivity index (χ1v) is 8.74. The Bertz CT molecular complexity index is 686. The SMILES string of the molecule is C[C@@H]1[C@@H](C)C(C)(C)[C@@H](C)C[C@H]1Nc1cnn(CC(N)=O)c(=O)c1Cl. The van der Waals surface area contributed by atoms with Gasteiger partial charge in [0.05, 0.1) is 11.9 Å². The minimum absolute atomic E-state index is 0.0450. The fourth-order valence-electron chi connectivity index (χ4n) is 3.59. The number of aromatic nitrogens is 2. The van der Waals surface area contributed by atoms with E-state index in [9.17, 15) is 9.59 Å².